The van der Waals surface area contributed by atoms with E-state index < -0.39 is 10.7 Å². The molecule has 1 aromatic carbocycles. The summed E-state index contributed by atoms with van der Waals surface area (Å²) in [6.07, 6.45) is 1.19. The van der Waals surface area contributed by atoms with Gasteiger partial charge < -0.3 is 10.6 Å². The van der Waals surface area contributed by atoms with E-state index in [4.69, 9.17) is 0 Å². The average molecular weight is 342 g/mol. The van der Waals surface area contributed by atoms with Gasteiger partial charge in [0.1, 0.15) is 12.1 Å². The van der Waals surface area contributed by atoms with Crippen molar-refractivity contribution in [2.24, 2.45) is 0 Å². The second kappa shape index (κ2) is 5.78. The SMILES string of the molecule is CNc1ncnc(Nc2ccc(F)c(Br)c2)c1[N+](=O)[O-]. The molecule has 1 heterocycles. The van der Waals surface area contributed by atoms with E-state index in [-0.39, 0.29) is 21.8 Å². The molecule has 7 nitrogen and oxygen atoms in total. The number of rotatable bonds is 4. The fourth-order valence-electron chi connectivity index (χ4n) is 1.54. The summed E-state index contributed by atoms with van der Waals surface area (Å²) in [5.41, 5.74) is 0.178. The summed E-state index contributed by atoms with van der Waals surface area (Å²) in [7, 11) is 1.52. The summed E-state index contributed by atoms with van der Waals surface area (Å²) < 4.78 is 13.4. The van der Waals surface area contributed by atoms with Crippen molar-refractivity contribution in [1.29, 1.82) is 0 Å². The molecular weight excluding hydrogens is 333 g/mol. The molecule has 0 saturated heterocycles. The summed E-state index contributed by atoms with van der Waals surface area (Å²) in [6, 6.07) is 4.14. The van der Waals surface area contributed by atoms with Gasteiger partial charge in [-0.25, -0.2) is 14.4 Å². The van der Waals surface area contributed by atoms with E-state index >= 15 is 0 Å². The molecule has 0 atom stereocenters. The van der Waals surface area contributed by atoms with E-state index in [9.17, 15) is 14.5 Å². The molecule has 0 radical (unpaired) electrons. The third-order valence-electron chi connectivity index (χ3n) is 2.42. The molecule has 0 bridgehead atoms. The maximum atomic E-state index is 13.1. The molecule has 104 valence electrons. The van der Waals surface area contributed by atoms with Gasteiger partial charge in [-0.2, -0.15) is 0 Å². The summed E-state index contributed by atoms with van der Waals surface area (Å²) in [5.74, 6) is -0.315. The molecule has 0 amide bonds. The summed E-state index contributed by atoms with van der Waals surface area (Å²) in [5, 5.41) is 16.5. The lowest BCUT2D eigenvalue weighted by Gasteiger charge is -2.08. The van der Waals surface area contributed by atoms with Gasteiger partial charge in [0, 0.05) is 12.7 Å². The van der Waals surface area contributed by atoms with Crippen LogP contribution in [0.3, 0.4) is 0 Å². The minimum atomic E-state index is -0.591. The highest BCUT2D eigenvalue weighted by molar-refractivity contribution is 9.10. The zero-order valence-electron chi connectivity index (χ0n) is 10.2. The van der Waals surface area contributed by atoms with Crippen LogP contribution in [0.4, 0.5) is 27.4 Å². The molecule has 0 spiro atoms. The van der Waals surface area contributed by atoms with Crippen molar-refractivity contribution in [3.8, 4) is 0 Å². The number of hydrogen-bond donors (Lipinski definition) is 2. The fraction of sp³-hybridized carbons (Fsp3) is 0.0909. The number of halogens is 2. The molecule has 2 aromatic rings. The molecule has 0 unspecified atom stereocenters. The number of hydrogen-bond acceptors (Lipinski definition) is 6. The van der Waals surface area contributed by atoms with Gasteiger partial charge in [0.25, 0.3) is 0 Å². The Hall–Kier alpha value is -2.29. The first-order chi connectivity index (χ1) is 9.52. The Morgan fingerprint density at radius 3 is 2.65 bits per heavy atom. The van der Waals surface area contributed by atoms with Gasteiger partial charge in [0.15, 0.2) is 0 Å². The van der Waals surface area contributed by atoms with Crippen LogP contribution in [0.2, 0.25) is 0 Å². The Labute approximate surface area is 121 Å². The monoisotopic (exact) mass is 341 g/mol. The van der Waals surface area contributed by atoms with E-state index in [1.54, 1.807) is 0 Å². The Morgan fingerprint density at radius 1 is 1.35 bits per heavy atom. The van der Waals surface area contributed by atoms with Gasteiger partial charge in [0.2, 0.25) is 11.6 Å². The summed E-state index contributed by atoms with van der Waals surface area (Å²) in [4.78, 5) is 18.1. The zero-order valence-corrected chi connectivity index (χ0v) is 11.8. The van der Waals surface area contributed by atoms with Crippen molar-refractivity contribution in [2.75, 3.05) is 17.7 Å². The van der Waals surface area contributed by atoms with Crippen LogP contribution in [0.15, 0.2) is 29.0 Å². The Morgan fingerprint density at radius 2 is 2.05 bits per heavy atom. The maximum Gasteiger partial charge on any atom is 0.353 e. The van der Waals surface area contributed by atoms with Crippen LogP contribution in [0.25, 0.3) is 0 Å². The molecule has 0 aliphatic heterocycles. The molecule has 2 N–H and O–H groups in total. The maximum absolute atomic E-state index is 13.1. The van der Waals surface area contributed by atoms with Crippen LogP contribution in [-0.2, 0) is 0 Å². The smallest absolute Gasteiger partial charge is 0.353 e. The quantitative estimate of drug-likeness (QED) is 0.655. The highest BCUT2D eigenvalue weighted by Crippen LogP contribution is 2.31. The normalized spacial score (nSPS) is 10.2. The van der Waals surface area contributed by atoms with Crippen molar-refractivity contribution in [3.63, 3.8) is 0 Å². The van der Waals surface area contributed by atoms with Crippen LogP contribution in [0.5, 0.6) is 0 Å². The highest BCUT2D eigenvalue weighted by atomic mass is 79.9. The molecular formula is C11H9BrFN5O2. The number of benzene rings is 1. The van der Waals surface area contributed by atoms with Crippen molar-refractivity contribution in [3.05, 3.63) is 44.9 Å². The third kappa shape index (κ3) is 2.82. The minimum absolute atomic E-state index is 0.0212. The summed E-state index contributed by atoms with van der Waals surface area (Å²) >= 11 is 3.04. The Bertz CT molecular complexity index is 667. The predicted molar refractivity (Wildman–Crippen MR) is 75.6 cm³/mol. The topological polar surface area (TPSA) is 93.0 Å². The molecule has 1 aromatic heterocycles. The van der Waals surface area contributed by atoms with Crippen LogP contribution in [0, 0.1) is 15.9 Å². The number of nitro groups is 1. The van der Waals surface area contributed by atoms with Gasteiger partial charge in [0.05, 0.1) is 9.40 Å². The molecule has 0 fully saturated rings. The van der Waals surface area contributed by atoms with E-state index in [1.807, 2.05) is 0 Å². The molecule has 20 heavy (non-hydrogen) atoms. The lowest BCUT2D eigenvalue weighted by Crippen LogP contribution is -2.05. The molecule has 0 aliphatic rings. The predicted octanol–water partition coefficient (Wildman–Crippen LogP) is 3.07. The Kier molecular flexibility index (Phi) is 4.08. The molecule has 2 rings (SSSR count). The van der Waals surface area contributed by atoms with Crippen molar-refractivity contribution >= 4 is 38.9 Å². The first-order valence-corrected chi connectivity index (χ1v) is 6.21. The lowest BCUT2D eigenvalue weighted by molar-refractivity contribution is -0.383. The third-order valence-corrected chi connectivity index (χ3v) is 3.03. The van der Waals surface area contributed by atoms with E-state index in [2.05, 4.69) is 36.5 Å². The first kappa shape index (κ1) is 14.1. The van der Waals surface area contributed by atoms with E-state index in [0.717, 1.165) is 0 Å². The number of aromatic nitrogens is 2. The first-order valence-electron chi connectivity index (χ1n) is 5.42. The van der Waals surface area contributed by atoms with Crippen LogP contribution in [-0.4, -0.2) is 21.9 Å². The number of nitrogens with zero attached hydrogens (tertiary/aromatic N) is 3. The fourth-order valence-corrected chi connectivity index (χ4v) is 1.92. The van der Waals surface area contributed by atoms with E-state index in [1.165, 1.54) is 31.6 Å². The molecule has 0 aliphatic carbocycles. The molecule has 9 heteroatoms. The Balaban J connectivity index is 2.42. The largest absolute Gasteiger partial charge is 0.367 e. The zero-order chi connectivity index (χ0) is 14.7. The van der Waals surface area contributed by atoms with Gasteiger partial charge in [-0.05, 0) is 34.1 Å². The van der Waals surface area contributed by atoms with Crippen LogP contribution >= 0.6 is 15.9 Å². The minimum Gasteiger partial charge on any atom is -0.367 e. The number of nitrogens with one attached hydrogen (secondary N) is 2. The van der Waals surface area contributed by atoms with Gasteiger partial charge in [-0.3, -0.25) is 10.1 Å². The van der Waals surface area contributed by atoms with Gasteiger partial charge >= 0.3 is 5.69 Å². The van der Waals surface area contributed by atoms with Crippen LogP contribution < -0.4 is 10.6 Å². The van der Waals surface area contributed by atoms with Crippen molar-refractivity contribution in [2.45, 2.75) is 0 Å². The standard InChI is InChI=1S/C11H9BrFN5O2/c1-14-10-9(18(19)20)11(16-5-15-10)17-6-2-3-8(13)7(12)4-6/h2-5H,1H3,(H2,14,15,16,17). The van der Waals surface area contributed by atoms with Crippen molar-refractivity contribution in [1.82, 2.24) is 9.97 Å². The van der Waals surface area contributed by atoms with Gasteiger partial charge in [-0.15, -0.1) is 0 Å². The molecule has 0 saturated carbocycles. The lowest BCUT2D eigenvalue weighted by atomic mass is 10.3. The van der Waals surface area contributed by atoms with Crippen LogP contribution in [0.1, 0.15) is 0 Å². The number of anilines is 3. The van der Waals surface area contributed by atoms with Crippen molar-refractivity contribution < 1.29 is 9.31 Å². The van der Waals surface area contributed by atoms with E-state index in [0.29, 0.717) is 5.69 Å². The second-order valence-electron chi connectivity index (χ2n) is 3.68. The average Bonchev–Trinajstić information content (AvgIpc) is 2.42. The highest BCUT2D eigenvalue weighted by Gasteiger charge is 2.22. The second-order valence-corrected chi connectivity index (χ2v) is 4.53. The summed E-state index contributed by atoms with van der Waals surface area (Å²) in [6.45, 7) is 0. The van der Waals surface area contributed by atoms with Gasteiger partial charge in [-0.1, -0.05) is 0 Å².